The predicted molar refractivity (Wildman–Crippen MR) is 66.9 cm³/mol. The summed E-state index contributed by atoms with van der Waals surface area (Å²) in [6.45, 7) is 0.748. The van der Waals surface area contributed by atoms with Crippen molar-refractivity contribution in [3.63, 3.8) is 0 Å². The summed E-state index contributed by atoms with van der Waals surface area (Å²) in [7, 11) is 0. The van der Waals surface area contributed by atoms with Crippen LogP contribution in [0.3, 0.4) is 0 Å². The van der Waals surface area contributed by atoms with Crippen LogP contribution >= 0.6 is 12.2 Å². The number of ether oxygens (including phenoxy) is 2. The average molecular weight is 273 g/mol. The van der Waals surface area contributed by atoms with Crippen LogP contribution in [0.1, 0.15) is 6.42 Å². The zero-order valence-electron chi connectivity index (χ0n) is 9.62. The molecule has 98 valence electrons. The van der Waals surface area contributed by atoms with Crippen LogP contribution in [-0.2, 0) is 4.74 Å². The highest BCUT2D eigenvalue weighted by molar-refractivity contribution is 7.79. The molecule has 1 aliphatic rings. The van der Waals surface area contributed by atoms with Crippen molar-refractivity contribution in [3.05, 3.63) is 30.1 Å². The van der Waals surface area contributed by atoms with Gasteiger partial charge in [-0.1, -0.05) is 0 Å². The van der Waals surface area contributed by atoms with Crippen molar-refractivity contribution in [2.24, 2.45) is 0 Å². The summed E-state index contributed by atoms with van der Waals surface area (Å²) in [4.78, 5) is 0. The van der Waals surface area contributed by atoms with Gasteiger partial charge in [0.25, 0.3) is 0 Å². The summed E-state index contributed by atoms with van der Waals surface area (Å²) >= 11 is 4.83. The molecule has 0 radical (unpaired) electrons. The zero-order chi connectivity index (χ0) is 13.0. The Morgan fingerprint density at radius 1 is 1.39 bits per heavy atom. The van der Waals surface area contributed by atoms with E-state index in [0.717, 1.165) is 0 Å². The van der Waals surface area contributed by atoms with Gasteiger partial charge in [0.05, 0.1) is 0 Å². The molecule has 1 atom stereocenters. The van der Waals surface area contributed by atoms with Gasteiger partial charge in [0.15, 0.2) is 5.67 Å². The van der Waals surface area contributed by atoms with Gasteiger partial charge in [0.1, 0.15) is 18.2 Å². The predicted octanol–water partition coefficient (Wildman–Crippen LogP) is 2.21. The molecule has 1 saturated heterocycles. The van der Waals surface area contributed by atoms with Crippen LogP contribution in [0.25, 0.3) is 0 Å². The summed E-state index contributed by atoms with van der Waals surface area (Å²) in [6, 6.07) is 5.34. The fourth-order valence-corrected chi connectivity index (χ4v) is 1.81. The number of halogens is 2. The molecule has 0 unspecified atom stereocenters. The number of alkyl halides is 1. The lowest BCUT2D eigenvalue weighted by molar-refractivity contribution is 0.0850. The highest BCUT2D eigenvalue weighted by Crippen LogP contribution is 2.20. The van der Waals surface area contributed by atoms with Gasteiger partial charge in [-0.25, -0.2) is 8.78 Å². The van der Waals surface area contributed by atoms with Crippen LogP contribution in [-0.4, -0.2) is 30.6 Å². The normalized spacial score (nSPS) is 22.8. The van der Waals surface area contributed by atoms with Gasteiger partial charge in [0, 0.05) is 18.8 Å². The molecule has 1 N–H and O–H groups in total. The summed E-state index contributed by atoms with van der Waals surface area (Å²) in [5.74, 6) is -0.00668. The number of rotatable bonds is 3. The Kier molecular flexibility index (Phi) is 4.08. The minimum absolute atomic E-state index is 0.139. The van der Waals surface area contributed by atoms with E-state index in [1.54, 1.807) is 0 Å². The Labute approximate surface area is 109 Å². The van der Waals surface area contributed by atoms with Crippen LogP contribution in [0, 0.1) is 5.82 Å². The van der Waals surface area contributed by atoms with Crippen LogP contribution in [0.2, 0.25) is 0 Å². The molecule has 1 heterocycles. The van der Waals surface area contributed by atoms with Gasteiger partial charge in [-0.2, -0.15) is 0 Å². The fourth-order valence-electron chi connectivity index (χ4n) is 1.65. The molecule has 0 bridgehead atoms. The lowest BCUT2D eigenvalue weighted by Gasteiger charge is -2.18. The first-order chi connectivity index (χ1) is 8.57. The second-order valence-corrected chi connectivity index (χ2v) is 4.51. The standard InChI is InChI=1S/C12H13F2NO2S/c13-9-1-3-10(4-2-9)17-11(18)16-8-12(14)5-6-15-7-12/h1-4,15H,5-8H2/t12-/m1/s1. The Bertz CT molecular complexity index is 419. The van der Waals surface area contributed by atoms with Gasteiger partial charge in [-0.3, -0.25) is 0 Å². The minimum atomic E-state index is -1.39. The van der Waals surface area contributed by atoms with E-state index in [-0.39, 0.29) is 24.2 Å². The van der Waals surface area contributed by atoms with E-state index >= 15 is 0 Å². The van der Waals surface area contributed by atoms with E-state index in [1.165, 1.54) is 24.3 Å². The topological polar surface area (TPSA) is 30.5 Å². The Morgan fingerprint density at radius 3 is 2.72 bits per heavy atom. The quantitative estimate of drug-likeness (QED) is 0.855. The van der Waals surface area contributed by atoms with Crippen LogP contribution in [0.4, 0.5) is 8.78 Å². The molecule has 0 spiro atoms. The molecule has 1 aromatic carbocycles. The third-order valence-corrected chi connectivity index (χ3v) is 2.86. The first-order valence-corrected chi connectivity index (χ1v) is 5.98. The van der Waals surface area contributed by atoms with E-state index in [2.05, 4.69) is 5.32 Å². The second kappa shape index (κ2) is 5.58. The fraction of sp³-hybridized carbons (Fsp3) is 0.417. The second-order valence-electron chi connectivity index (χ2n) is 4.17. The number of thiocarbonyl (C=S) groups is 1. The van der Waals surface area contributed by atoms with Gasteiger partial charge in [-0.05, 0) is 37.2 Å². The summed E-state index contributed by atoms with van der Waals surface area (Å²) in [5, 5.41) is 2.75. The zero-order valence-corrected chi connectivity index (χ0v) is 10.4. The van der Waals surface area contributed by atoms with Crippen molar-refractivity contribution >= 4 is 17.5 Å². The van der Waals surface area contributed by atoms with Gasteiger partial charge >= 0.3 is 5.24 Å². The van der Waals surface area contributed by atoms with Gasteiger partial charge in [0.2, 0.25) is 0 Å². The Balaban J connectivity index is 1.80. The lowest BCUT2D eigenvalue weighted by atomic mass is 10.1. The molecule has 1 fully saturated rings. The molecule has 1 aromatic rings. The third kappa shape index (κ3) is 3.61. The Morgan fingerprint density at radius 2 is 2.11 bits per heavy atom. The van der Waals surface area contributed by atoms with Crippen LogP contribution in [0.5, 0.6) is 5.75 Å². The first kappa shape index (κ1) is 13.2. The van der Waals surface area contributed by atoms with E-state index in [1.807, 2.05) is 0 Å². The summed E-state index contributed by atoms with van der Waals surface area (Å²) < 4.78 is 36.8. The van der Waals surface area contributed by atoms with Crippen molar-refractivity contribution in [1.82, 2.24) is 5.32 Å². The van der Waals surface area contributed by atoms with Crippen LogP contribution in [0.15, 0.2) is 24.3 Å². The van der Waals surface area contributed by atoms with Crippen molar-refractivity contribution < 1.29 is 18.3 Å². The van der Waals surface area contributed by atoms with E-state index < -0.39 is 5.67 Å². The molecule has 0 aromatic heterocycles. The van der Waals surface area contributed by atoms with Crippen molar-refractivity contribution in [1.29, 1.82) is 0 Å². The molecular weight excluding hydrogens is 260 g/mol. The molecule has 0 amide bonds. The smallest absolute Gasteiger partial charge is 0.357 e. The third-order valence-electron chi connectivity index (χ3n) is 2.66. The first-order valence-electron chi connectivity index (χ1n) is 5.57. The molecule has 2 rings (SSSR count). The largest absolute Gasteiger partial charge is 0.453 e. The molecular formula is C12H13F2NO2S. The SMILES string of the molecule is Fc1ccc(OC(=S)OC[C@@]2(F)CCNC2)cc1. The molecule has 0 aliphatic carbocycles. The van der Waals surface area contributed by atoms with E-state index in [4.69, 9.17) is 21.7 Å². The average Bonchev–Trinajstić information content (AvgIpc) is 2.78. The molecule has 1 aliphatic heterocycles. The maximum Gasteiger partial charge on any atom is 0.357 e. The highest BCUT2D eigenvalue weighted by Gasteiger charge is 2.34. The monoisotopic (exact) mass is 273 g/mol. The number of benzene rings is 1. The number of hydrogen-bond acceptors (Lipinski definition) is 4. The molecule has 18 heavy (non-hydrogen) atoms. The minimum Gasteiger partial charge on any atom is -0.453 e. The lowest BCUT2D eigenvalue weighted by Crippen LogP contribution is -2.33. The summed E-state index contributed by atoms with van der Waals surface area (Å²) in [6.07, 6.45) is 0.395. The molecule has 0 saturated carbocycles. The maximum absolute atomic E-state index is 13.9. The Hall–Kier alpha value is -1.27. The number of hydrogen-bond donors (Lipinski definition) is 1. The van der Waals surface area contributed by atoms with Gasteiger partial charge in [-0.15, -0.1) is 0 Å². The van der Waals surface area contributed by atoms with E-state index in [9.17, 15) is 8.78 Å². The molecule has 6 heteroatoms. The van der Waals surface area contributed by atoms with Crippen LogP contribution < -0.4 is 10.1 Å². The van der Waals surface area contributed by atoms with E-state index in [0.29, 0.717) is 18.7 Å². The van der Waals surface area contributed by atoms with Crippen molar-refractivity contribution in [2.75, 3.05) is 19.7 Å². The number of nitrogens with one attached hydrogen (secondary N) is 1. The van der Waals surface area contributed by atoms with Crippen molar-refractivity contribution in [3.8, 4) is 5.75 Å². The van der Waals surface area contributed by atoms with Gasteiger partial charge < -0.3 is 14.8 Å². The van der Waals surface area contributed by atoms with Crippen molar-refractivity contribution in [2.45, 2.75) is 12.1 Å². The molecule has 3 nitrogen and oxygen atoms in total. The summed E-state index contributed by atoms with van der Waals surface area (Å²) in [5.41, 5.74) is -1.39. The highest BCUT2D eigenvalue weighted by atomic mass is 32.1. The maximum atomic E-state index is 13.9.